The Labute approximate surface area is 118 Å². The molecule has 1 aromatic carbocycles. The highest BCUT2D eigenvalue weighted by Gasteiger charge is 2.27. The van der Waals surface area contributed by atoms with Gasteiger partial charge in [0.2, 0.25) is 10.0 Å². The van der Waals surface area contributed by atoms with Gasteiger partial charge >= 0.3 is 0 Å². The first-order chi connectivity index (χ1) is 9.32. The van der Waals surface area contributed by atoms with E-state index >= 15 is 0 Å². The molecule has 0 saturated carbocycles. The molecule has 0 spiro atoms. The molecule has 0 bridgehead atoms. The van der Waals surface area contributed by atoms with Crippen molar-refractivity contribution in [2.45, 2.75) is 24.3 Å². The van der Waals surface area contributed by atoms with Gasteiger partial charge < -0.3 is 10.1 Å². The predicted octanol–water partition coefficient (Wildman–Crippen LogP) is 0.973. The molecule has 1 amide bonds. The number of hydrogen-bond donors (Lipinski definition) is 1. The van der Waals surface area contributed by atoms with Crippen molar-refractivity contribution < 1.29 is 17.9 Å². The van der Waals surface area contributed by atoms with Crippen LogP contribution in [0, 0.1) is 6.92 Å². The van der Waals surface area contributed by atoms with Crippen LogP contribution >= 0.6 is 0 Å². The fourth-order valence-electron chi connectivity index (χ4n) is 1.76. The monoisotopic (exact) mass is 298 g/mol. The average Bonchev–Trinajstić information content (AvgIpc) is 2.29. The van der Waals surface area contributed by atoms with Gasteiger partial charge in [-0.3, -0.25) is 4.79 Å². The quantitative estimate of drug-likeness (QED) is 0.899. The fraction of sp³-hybridized carbons (Fsp3) is 0.462. The van der Waals surface area contributed by atoms with Crippen LogP contribution in [0.3, 0.4) is 0 Å². The molecule has 6 nitrogen and oxygen atoms in total. The summed E-state index contributed by atoms with van der Waals surface area (Å²) >= 11 is 0. The third-order valence-corrected chi connectivity index (χ3v) is 5.05. The molecule has 1 fully saturated rings. The number of amides is 1. The molecule has 1 aliphatic rings. The van der Waals surface area contributed by atoms with E-state index in [1.165, 1.54) is 26.2 Å². The molecular weight excluding hydrogens is 280 g/mol. The van der Waals surface area contributed by atoms with Crippen molar-refractivity contribution in [3.05, 3.63) is 23.8 Å². The molecule has 20 heavy (non-hydrogen) atoms. The molecule has 1 aromatic rings. The highest BCUT2D eigenvalue weighted by Crippen LogP contribution is 2.23. The maximum atomic E-state index is 12.1. The maximum absolute atomic E-state index is 12.1. The van der Waals surface area contributed by atoms with Crippen LogP contribution in [-0.4, -0.2) is 45.4 Å². The molecule has 7 heteroatoms. The fourth-order valence-corrected chi connectivity index (χ4v) is 2.69. The normalized spacial score (nSPS) is 18.7. The molecule has 110 valence electrons. The van der Waals surface area contributed by atoms with E-state index in [9.17, 15) is 13.2 Å². The van der Waals surface area contributed by atoms with Gasteiger partial charge in [0.05, 0.1) is 11.5 Å². The predicted molar refractivity (Wildman–Crippen MR) is 75.0 cm³/mol. The zero-order chi connectivity index (χ0) is 14.9. The highest BCUT2D eigenvalue weighted by atomic mass is 32.2. The lowest BCUT2D eigenvalue weighted by Crippen LogP contribution is -2.39. The largest absolute Gasteiger partial charge is 0.368 e. The number of carbonyl (C=O) groups is 1. The van der Waals surface area contributed by atoms with Crippen LogP contribution in [0.15, 0.2) is 23.1 Å². The lowest BCUT2D eigenvalue weighted by atomic mass is 10.1. The van der Waals surface area contributed by atoms with Crippen molar-refractivity contribution in [1.82, 2.24) is 4.31 Å². The molecule has 1 heterocycles. The van der Waals surface area contributed by atoms with E-state index in [2.05, 4.69) is 5.32 Å². The Balaban J connectivity index is 2.27. The van der Waals surface area contributed by atoms with Crippen molar-refractivity contribution in [2.75, 3.05) is 26.0 Å². The molecule has 0 aliphatic carbocycles. The van der Waals surface area contributed by atoms with Gasteiger partial charge in [0.15, 0.2) is 0 Å². The number of nitrogens with one attached hydrogen (secondary N) is 1. The number of anilines is 1. The zero-order valence-corrected chi connectivity index (χ0v) is 12.5. The minimum Gasteiger partial charge on any atom is -0.368 e. The van der Waals surface area contributed by atoms with Crippen molar-refractivity contribution in [3.8, 4) is 0 Å². The molecule has 1 saturated heterocycles. The average molecular weight is 298 g/mol. The van der Waals surface area contributed by atoms with E-state index in [1.807, 2.05) is 6.92 Å². The minimum absolute atomic E-state index is 0.151. The van der Waals surface area contributed by atoms with Crippen LogP contribution in [0.5, 0.6) is 0 Å². The van der Waals surface area contributed by atoms with Crippen molar-refractivity contribution in [1.29, 1.82) is 0 Å². The molecule has 0 unspecified atom stereocenters. The van der Waals surface area contributed by atoms with Crippen LogP contribution in [-0.2, 0) is 19.6 Å². The smallest absolute Gasteiger partial charge is 0.253 e. The molecule has 1 aliphatic heterocycles. The van der Waals surface area contributed by atoms with E-state index in [-0.39, 0.29) is 10.8 Å². The molecule has 0 radical (unpaired) electrons. The zero-order valence-electron chi connectivity index (χ0n) is 11.7. The van der Waals surface area contributed by atoms with Gasteiger partial charge in [-0.15, -0.1) is 0 Å². The summed E-state index contributed by atoms with van der Waals surface area (Å²) in [6.07, 6.45) is 0.268. The van der Waals surface area contributed by atoms with Crippen LogP contribution in [0.2, 0.25) is 0 Å². The second kappa shape index (κ2) is 5.51. The Morgan fingerprint density at radius 2 is 2.05 bits per heavy atom. The standard InChI is InChI=1S/C13H18N2O4S/c1-9-4-5-10(20(17,18)15(2)3)8-11(9)14-13(16)12-6-7-19-12/h4-5,8,12H,6-7H2,1-3H3,(H,14,16)/t12-/m1/s1. The summed E-state index contributed by atoms with van der Waals surface area (Å²) < 4.78 is 30.4. The van der Waals surface area contributed by atoms with Crippen molar-refractivity contribution in [3.63, 3.8) is 0 Å². The maximum Gasteiger partial charge on any atom is 0.253 e. The lowest BCUT2D eigenvalue weighted by Gasteiger charge is -2.25. The molecule has 2 rings (SSSR count). The van der Waals surface area contributed by atoms with E-state index in [1.54, 1.807) is 6.07 Å². The summed E-state index contributed by atoms with van der Waals surface area (Å²) in [5, 5.41) is 2.72. The summed E-state index contributed by atoms with van der Waals surface area (Å²) in [6, 6.07) is 4.68. The first-order valence-corrected chi connectivity index (χ1v) is 7.72. The van der Waals surface area contributed by atoms with E-state index < -0.39 is 16.1 Å². The number of aryl methyl sites for hydroxylation is 1. The van der Waals surface area contributed by atoms with Gasteiger partial charge in [0.1, 0.15) is 6.10 Å². The Morgan fingerprint density at radius 1 is 1.40 bits per heavy atom. The van der Waals surface area contributed by atoms with Crippen LogP contribution in [0.4, 0.5) is 5.69 Å². The first-order valence-electron chi connectivity index (χ1n) is 6.28. The van der Waals surface area contributed by atoms with Gasteiger partial charge in [-0.25, -0.2) is 12.7 Å². The van der Waals surface area contributed by atoms with Crippen LogP contribution in [0.1, 0.15) is 12.0 Å². The van der Waals surface area contributed by atoms with Gasteiger partial charge in [-0.2, -0.15) is 0 Å². The Hall–Kier alpha value is -1.44. The van der Waals surface area contributed by atoms with Crippen molar-refractivity contribution >= 4 is 21.6 Å². The number of sulfonamides is 1. The Kier molecular flexibility index (Phi) is 4.12. The number of rotatable bonds is 4. The van der Waals surface area contributed by atoms with Crippen molar-refractivity contribution in [2.24, 2.45) is 0 Å². The minimum atomic E-state index is -3.51. The molecular formula is C13H18N2O4S. The van der Waals surface area contributed by atoms with Crippen LogP contribution in [0.25, 0.3) is 0 Å². The lowest BCUT2D eigenvalue weighted by molar-refractivity contribution is -0.139. The van der Waals surface area contributed by atoms with Gasteiger partial charge in [0, 0.05) is 26.2 Å². The van der Waals surface area contributed by atoms with Gasteiger partial charge in [-0.1, -0.05) is 6.07 Å². The third kappa shape index (κ3) is 2.84. The molecule has 0 aromatic heterocycles. The number of hydrogen-bond acceptors (Lipinski definition) is 4. The SMILES string of the molecule is Cc1ccc(S(=O)(=O)N(C)C)cc1NC(=O)[C@H]1CCO1. The molecule has 1 N–H and O–H groups in total. The summed E-state index contributed by atoms with van der Waals surface area (Å²) in [6.45, 7) is 2.40. The summed E-state index contributed by atoms with van der Waals surface area (Å²) in [5.74, 6) is -0.237. The highest BCUT2D eigenvalue weighted by molar-refractivity contribution is 7.89. The number of ether oxygens (including phenoxy) is 1. The first kappa shape index (κ1) is 15.0. The van der Waals surface area contributed by atoms with Gasteiger partial charge in [0.25, 0.3) is 5.91 Å². The van der Waals surface area contributed by atoms with E-state index in [0.717, 1.165) is 9.87 Å². The summed E-state index contributed by atoms with van der Waals surface area (Å²) in [4.78, 5) is 12.0. The number of benzene rings is 1. The van der Waals surface area contributed by atoms with Gasteiger partial charge in [-0.05, 0) is 24.6 Å². The second-order valence-electron chi connectivity index (χ2n) is 4.90. The Morgan fingerprint density at radius 3 is 2.55 bits per heavy atom. The second-order valence-corrected chi connectivity index (χ2v) is 7.05. The number of carbonyl (C=O) groups excluding carboxylic acids is 1. The summed E-state index contributed by atoms with van der Waals surface area (Å²) in [5.41, 5.74) is 1.30. The summed E-state index contributed by atoms with van der Waals surface area (Å²) in [7, 11) is -0.577. The number of nitrogens with zero attached hydrogens (tertiary/aromatic N) is 1. The molecule has 1 atom stereocenters. The topological polar surface area (TPSA) is 75.7 Å². The van der Waals surface area contributed by atoms with Crippen LogP contribution < -0.4 is 5.32 Å². The Bertz CT molecular complexity index is 621. The van der Waals surface area contributed by atoms with E-state index in [0.29, 0.717) is 18.7 Å². The van der Waals surface area contributed by atoms with E-state index in [4.69, 9.17) is 4.74 Å². The third-order valence-electron chi connectivity index (χ3n) is 3.24.